The van der Waals surface area contributed by atoms with Crippen LogP contribution in [0.5, 0.6) is 0 Å². The van der Waals surface area contributed by atoms with Crippen LogP contribution < -0.4 is 11.3 Å². The third kappa shape index (κ3) is 3.32. The number of hydrogen-bond acceptors (Lipinski definition) is 3. The van der Waals surface area contributed by atoms with Crippen LogP contribution in [0.25, 0.3) is 0 Å². The standard InChI is InChI=1S/C15H25FN2O/c1-6-15(5,19-7-2)14(18-17)13-11(4)8-10(3)9-12(13)16/h8-9,14,18H,6-7,17H2,1-5H3. The molecule has 4 heteroatoms. The highest BCUT2D eigenvalue weighted by Gasteiger charge is 2.36. The molecule has 1 aromatic carbocycles. The van der Waals surface area contributed by atoms with Crippen LogP contribution in [0.4, 0.5) is 4.39 Å². The fourth-order valence-electron chi connectivity index (χ4n) is 2.58. The van der Waals surface area contributed by atoms with Crippen molar-refractivity contribution in [3.8, 4) is 0 Å². The van der Waals surface area contributed by atoms with E-state index in [0.29, 0.717) is 12.2 Å². The Morgan fingerprint density at radius 1 is 1.37 bits per heavy atom. The van der Waals surface area contributed by atoms with E-state index in [-0.39, 0.29) is 11.9 Å². The molecule has 0 saturated carbocycles. The van der Waals surface area contributed by atoms with E-state index in [0.717, 1.165) is 17.5 Å². The molecule has 0 spiro atoms. The molecular weight excluding hydrogens is 243 g/mol. The molecular formula is C15H25FN2O. The highest BCUT2D eigenvalue weighted by Crippen LogP contribution is 2.35. The molecule has 0 fully saturated rings. The van der Waals surface area contributed by atoms with Crippen molar-refractivity contribution in [3.05, 3.63) is 34.6 Å². The lowest BCUT2D eigenvalue weighted by molar-refractivity contribution is -0.0572. The van der Waals surface area contributed by atoms with Crippen LogP contribution in [0.3, 0.4) is 0 Å². The van der Waals surface area contributed by atoms with Gasteiger partial charge in [0.1, 0.15) is 5.82 Å². The minimum Gasteiger partial charge on any atom is -0.374 e. The SMILES string of the molecule is CCOC(C)(CC)C(NN)c1c(C)cc(C)cc1F. The minimum atomic E-state index is -0.537. The van der Waals surface area contributed by atoms with Gasteiger partial charge in [0.25, 0.3) is 0 Å². The predicted molar refractivity (Wildman–Crippen MR) is 76.3 cm³/mol. The molecule has 1 aromatic rings. The Morgan fingerprint density at radius 2 is 2.00 bits per heavy atom. The maximum absolute atomic E-state index is 14.3. The summed E-state index contributed by atoms with van der Waals surface area (Å²) >= 11 is 0. The number of benzene rings is 1. The summed E-state index contributed by atoms with van der Waals surface area (Å²) in [5.41, 5.74) is 4.58. The van der Waals surface area contributed by atoms with Crippen molar-refractivity contribution in [1.29, 1.82) is 0 Å². The van der Waals surface area contributed by atoms with Gasteiger partial charge in [0, 0.05) is 12.2 Å². The molecule has 2 atom stereocenters. The smallest absolute Gasteiger partial charge is 0.128 e. The number of hydrogen-bond donors (Lipinski definition) is 2. The molecule has 0 aliphatic carbocycles. The summed E-state index contributed by atoms with van der Waals surface area (Å²) < 4.78 is 20.1. The monoisotopic (exact) mass is 268 g/mol. The zero-order valence-corrected chi connectivity index (χ0v) is 12.5. The molecule has 0 aliphatic heterocycles. The molecule has 3 nitrogen and oxygen atoms in total. The molecule has 2 unspecified atom stereocenters. The number of hydrazine groups is 1. The van der Waals surface area contributed by atoms with Gasteiger partial charge in [0.05, 0.1) is 11.6 Å². The van der Waals surface area contributed by atoms with Crippen LogP contribution in [-0.4, -0.2) is 12.2 Å². The molecule has 0 aromatic heterocycles. The third-order valence-corrected chi connectivity index (χ3v) is 3.72. The van der Waals surface area contributed by atoms with Crippen molar-refractivity contribution in [3.63, 3.8) is 0 Å². The molecule has 0 saturated heterocycles. The summed E-state index contributed by atoms with van der Waals surface area (Å²) in [7, 11) is 0. The highest BCUT2D eigenvalue weighted by atomic mass is 19.1. The molecule has 108 valence electrons. The summed E-state index contributed by atoms with van der Waals surface area (Å²) in [6, 6.07) is 3.12. The van der Waals surface area contributed by atoms with Gasteiger partial charge in [-0.05, 0) is 51.3 Å². The molecule has 0 amide bonds. The Labute approximate surface area is 115 Å². The molecule has 0 aliphatic rings. The molecule has 3 N–H and O–H groups in total. The number of halogens is 1. The van der Waals surface area contributed by atoms with Gasteiger partial charge in [-0.3, -0.25) is 5.84 Å². The van der Waals surface area contributed by atoms with Crippen LogP contribution >= 0.6 is 0 Å². The number of aryl methyl sites for hydroxylation is 2. The Kier molecular flexibility index (Phi) is 5.47. The summed E-state index contributed by atoms with van der Waals surface area (Å²) in [6.45, 7) is 10.3. The predicted octanol–water partition coefficient (Wildman–Crippen LogP) is 3.15. The second kappa shape index (κ2) is 6.46. The van der Waals surface area contributed by atoms with Crippen LogP contribution in [0.2, 0.25) is 0 Å². The topological polar surface area (TPSA) is 47.3 Å². The lowest BCUT2D eigenvalue weighted by Crippen LogP contribution is -2.47. The Hall–Kier alpha value is -0.970. The van der Waals surface area contributed by atoms with E-state index in [9.17, 15) is 4.39 Å². The summed E-state index contributed by atoms with van der Waals surface area (Å²) in [4.78, 5) is 0. The van der Waals surface area contributed by atoms with E-state index in [2.05, 4.69) is 5.43 Å². The average molecular weight is 268 g/mol. The highest BCUT2D eigenvalue weighted by molar-refractivity contribution is 5.35. The average Bonchev–Trinajstić information content (AvgIpc) is 2.33. The minimum absolute atomic E-state index is 0.236. The Morgan fingerprint density at radius 3 is 2.42 bits per heavy atom. The second-order valence-electron chi connectivity index (χ2n) is 5.18. The summed E-state index contributed by atoms with van der Waals surface area (Å²) in [6.07, 6.45) is 0.739. The van der Waals surface area contributed by atoms with Crippen molar-refractivity contribution >= 4 is 0 Å². The second-order valence-corrected chi connectivity index (χ2v) is 5.18. The van der Waals surface area contributed by atoms with Crippen molar-refractivity contribution in [2.75, 3.05) is 6.61 Å². The fraction of sp³-hybridized carbons (Fsp3) is 0.600. The van der Waals surface area contributed by atoms with Gasteiger partial charge in [0.2, 0.25) is 0 Å². The van der Waals surface area contributed by atoms with Gasteiger partial charge in [-0.25, -0.2) is 9.82 Å². The van der Waals surface area contributed by atoms with Crippen molar-refractivity contribution in [2.24, 2.45) is 5.84 Å². The number of ether oxygens (including phenoxy) is 1. The first-order chi connectivity index (χ1) is 8.89. The molecule has 0 bridgehead atoms. The third-order valence-electron chi connectivity index (χ3n) is 3.72. The lowest BCUT2D eigenvalue weighted by atomic mass is 9.85. The van der Waals surface area contributed by atoms with E-state index in [1.807, 2.05) is 40.7 Å². The van der Waals surface area contributed by atoms with E-state index in [4.69, 9.17) is 10.6 Å². The first kappa shape index (κ1) is 16.1. The summed E-state index contributed by atoms with van der Waals surface area (Å²) in [5.74, 6) is 5.44. The number of nitrogens with one attached hydrogen (secondary N) is 1. The maximum Gasteiger partial charge on any atom is 0.128 e. The number of nitrogens with two attached hydrogens (primary N) is 1. The normalized spacial score (nSPS) is 16.2. The van der Waals surface area contributed by atoms with E-state index in [1.165, 1.54) is 6.07 Å². The van der Waals surface area contributed by atoms with Crippen LogP contribution in [-0.2, 0) is 4.74 Å². The van der Waals surface area contributed by atoms with Gasteiger partial charge in [-0.2, -0.15) is 0 Å². The zero-order valence-electron chi connectivity index (χ0n) is 12.5. The zero-order chi connectivity index (χ0) is 14.6. The molecule has 1 rings (SSSR count). The van der Waals surface area contributed by atoms with Gasteiger partial charge in [-0.1, -0.05) is 13.0 Å². The van der Waals surface area contributed by atoms with Crippen LogP contribution in [0.1, 0.15) is 49.9 Å². The molecule has 19 heavy (non-hydrogen) atoms. The summed E-state index contributed by atoms with van der Waals surface area (Å²) in [5, 5.41) is 0. The van der Waals surface area contributed by atoms with Gasteiger partial charge in [-0.15, -0.1) is 0 Å². The van der Waals surface area contributed by atoms with E-state index in [1.54, 1.807) is 0 Å². The fourth-order valence-corrected chi connectivity index (χ4v) is 2.58. The van der Waals surface area contributed by atoms with E-state index >= 15 is 0 Å². The first-order valence-electron chi connectivity index (χ1n) is 6.76. The molecule has 0 heterocycles. The quantitative estimate of drug-likeness (QED) is 0.615. The largest absolute Gasteiger partial charge is 0.374 e. The number of rotatable bonds is 6. The Bertz CT molecular complexity index is 413. The van der Waals surface area contributed by atoms with Gasteiger partial charge >= 0.3 is 0 Å². The van der Waals surface area contributed by atoms with Crippen molar-refractivity contribution in [1.82, 2.24) is 5.43 Å². The Balaban J connectivity index is 3.30. The van der Waals surface area contributed by atoms with Crippen LogP contribution in [0.15, 0.2) is 12.1 Å². The van der Waals surface area contributed by atoms with Gasteiger partial charge < -0.3 is 4.74 Å². The van der Waals surface area contributed by atoms with Gasteiger partial charge in [0.15, 0.2) is 0 Å². The molecule has 0 radical (unpaired) electrons. The lowest BCUT2D eigenvalue weighted by Gasteiger charge is -2.37. The van der Waals surface area contributed by atoms with E-state index < -0.39 is 5.60 Å². The van der Waals surface area contributed by atoms with Crippen molar-refractivity contribution in [2.45, 2.75) is 52.7 Å². The first-order valence-corrected chi connectivity index (χ1v) is 6.76. The van der Waals surface area contributed by atoms with Crippen molar-refractivity contribution < 1.29 is 9.13 Å². The maximum atomic E-state index is 14.3. The van der Waals surface area contributed by atoms with Crippen LogP contribution in [0, 0.1) is 19.7 Å².